The summed E-state index contributed by atoms with van der Waals surface area (Å²) in [5.74, 6) is -0.323. The van der Waals surface area contributed by atoms with Crippen molar-refractivity contribution in [1.82, 2.24) is 4.98 Å². The first-order chi connectivity index (χ1) is 9.74. The molecule has 3 nitrogen and oxygen atoms in total. The molecule has 3 rings (SSSR count). The van der Waals surface area contributed by atoms with E-state index < -0.39 is 0 Å². The van der Waals surface area contributed by atoms with E-state index in [9.17, 15) is 4.79 Å². The Balaban J connectivity index is 1.74. The fraction of sp³-hybridized carbons (Fsp3) is 0.0667. The molecule has 3 aromatic rings. The van der Waals surface area contributed by atoms with Crippen LogP contribution in [0, 0.1) is 0 Å². The number of thiazole rings is 1. The lowest BCUT2D eigenvalue weighted by Gasteiger charge is -2.06. The van der Waals surface area contributed by atoms with Crippen LogP contribution in [-0.2, 0) is 11.3 Å². The van der Waals surface area contributed by atoms with E-state index in [2.05, 4.69) is 20.9 Å². The highest BCUT2D eigenvalue weighted by Gasteiger charge is 2.10. The number of rotatable bonds is 3. The minimum absolute atomic E-state index is 0.251. The highest BCUT2D eigenvalue weighted by atomic mass is 79.9. The summed E-state index contributed by atoms with van der Waals surface area (Å²) in [7, 11) is 0. The Morgan fingerprint density at radius 1 is 1.25 bits per heavy atom. The minimum Gasteiger partial charge on any atom is -0.457 e. The summed E-state index contributed by atoms with van der Waals surface area (Å²) in [5, 5.41) is 0. The number of nitrogens with zero attached hydrogens (tertiary/aromatic N) is 1. The molecule has 0 amide bonds. The van der Waals surface area contributed by atoms with E-state index >= 15 is 0 Å². The van der Waals surface area contributed by atoms with E-state index in [0.29, 0.717) is 5.56 Å². The number of hydrogen-bond acceptors (Lipinski definition) is 4. The number of carbonyl (C=O) groups excluding carboxylic acids is 1. The van der Waals surface area contributed by atoms with Crippen LogP contribution >= 0.6 is 27.3 Å². The summed E-state index contributed by atoms with van der Waals surface area (Å²) in [6, 6.07) is 13.1. The molecule has 2 aromatic carbocycles. The lowest BCUT2D eigenvalue weighted by Crippen LogP contribution is -2.05. The molecule has 0 radical (unpaired) electrons. The molecular formula is C15H10BrNO2S. The van der Waals surface area contributed by atoms with Crippen molar-refractivity contribution >= 4 is 43.5 Å². The van der Waals surface area contributed by atoms with Gasteiger partial charge in [0.1, 0.15) is 6.61 Å². The van der Waals surface area contributed by atoms with Crippen LogP contribution in [-0.4, -0.2) is 11.0 Å². The van der Waals surface area contributed by atoms with E-state index in [4.69, 9.17) is 4.74 Å². The molecule has 100 valence electrons. The fourth-order valence-electron chi connectivity index (χ4n) is 1.82. The summed E-state index contributed by atoms with van der Waals surface area (Å²) in [6.07, 6.45) is 0. The zero-order chi connectivity index (χ0) is 13.9. The van der Waals surface area contributed by atoms with Crippen LogP contribution in [0.15, 0.2) is 52.4 Å². The molecule has 0 aliphatic carbocycles. The zero-order valence-corrected chi connectivity index (χ0v) is 12.8. The number of hydrogen-bond donors (Lipinski definition) is 0. The van der Waals surface area contributed by atoms with Gasteiger partial charge in [-0.1, -0.05) is 34.1 Å². The summed E-state index contributed by atoms with van der Waals surface area (Å²) in [4.78, 5) is 16.2. The number of halogens is 1. The van der Waals surface area contributed by atoms with Gasteiger partial charge in [0.05, 0.1) is 21.3 Å². The second-order valence-corrected chi connectivity index (χ2v) is 5.94. The Labute approximate surface area is 128 Å². The predicted octanol–water partition coefficient (Wildman–Crippen LogP) is 4.42. The van der Waals surface area contributed by atoms with E-state index in [0.717, 1.165) is 20.3 Å². The van der Waals surface area contributed by atoms with Crippen molar-refractivity contribution in [2.24, 2.45) is 0 Å². The zero-order valence-electron chi connectivity index (χ0n) is 10.4. The summed E-state index contributed by atoms with van der Waals surface area (Å²) in [5.41, 5.74) is 4.16. The molecule has 5 heteroatoms. The largest absolute Gasteiger partial charge is 0.457 e. The smallest absolute Gasteiger partial charge is 0.338 e. The van der Waals surface area contributed by atoms with Crippen molar-refractivity contribution in [3.8, 4) is 0 Å². The highest BCUT2D eigenvalue weighted by Crippen LogP contribution is 2.21. The average molecular weight is 348 g/mol. The van der Waals surface area contributed by atoms with E-state index in [1.54, 1.807) is 11.6 Å². The monoisotopic (exact) mass is 347 g/mol. The summed E-state index contributed by atoms with van der Waals surface area (Å²) in [6.45, 7) is 0.251. The van der Waals surface area contributed by atoms with Crippen LogP contribution in [0.25, 0.3) is 10.2 Å². The molecule has 0 aliphatic heterocycles. The van der Waals surface area contributed by atoms with Gasteiger partial charge in [0, 0.05) is 10.0 Å². The van der Waals surface area contributed by atoms with E-state index in [-0.39, 0.29) is 12.6 Å². The van der Waals surface area contributed by atoms with Crippen molar-refractivity contribution in [3.05, 3.63) is 63.6 Å². The second-order valence-electron chi connectivity index (χ2n) is 4.20. The SMILES string of the molecule is O=C(OCc1ccccc1Br)c1ccc2ncsc2c1. The number of benzene rings is 2. The van der Waals surface area contributed by atoms with Crippen LogP contribution in [0.3, 0.4) is 0 Å². The van der Waals surface area contributed by atoms with Gasteiger partial charge in [-0.15, -0.1) is 11.3 Å². The molecule has 0 N–H and O–H groups in total. The van der Waals surface area contributed by atoms with Gasteiger partial charge in [0.25, 0.3) is 0 Å². The Morgan fingerprint density at radius 3 is 2.95 bits per heavy atom. The van der Waals surface area contributed by atoms with Gasteiger partial charge in [-0.3, -0.25) is 0 Å². The molecule has 20 heavy (non-hydrogen) atoms. The predicted molar refractivity (Wildman–Crippen MR) is 82.9 cm³/mol. The number of fused-ring (bicyclic) bond motifs is 1. The molecule has 0 saturated carbocycles. The van der Waals surface area contributed by atoms with Crippen molar-refractivity contribution < 1.29 is 9.53 Å². The van der Waals surface area contributed by atoms with Crippen LogP contribution in [0.2, 0.25) is 0 Å². The Kier molecular flexibility index (Phi) is 3.80. The van der Waals surface area contributed by atoms with Gasteiger partial charge in [-0.2, -0.15) is 0 Å². The number of carbonyl (C=O) groups is 1. The molecule has 1 heterocycles. The van der Waals surface area contributed by atoms with Crippen molar-refractivity contribution in [2.75, 3.05) is 0 Å². The van der Waals surface area contributed by atoms with Crippen molar-refractivity contribution in [1.29, 1.82) is 0 Å². The lowest BCUT2D eigenvalue weighted by atomic mass is 10.2. The lowest BCUT2D eigenvalue weighted by molar-refractivity contribution is 0.0472. The van der Waals surface area contributed by atoms with E-state index in [1.807, 2.05) is 36.4 Å². The second kappa shape index (κ2) is 5.73. The summed E-state index contributed by atoms with van der Waals surface area (Å²) < 4.78 is 7.26. The number of esters is 1. The van der Waals surface area contributed by atoms with E-state index in [1.165, 1.54) is 11.3 Å². The molecule has 0 spiro atoms. The van der Waals surface area contributed by atoms with Crippen LogP contribution in [0.4, 0.5) is 0 Å². The van der Waals surface area contributed by atoms with Crippen molar-refractivity contribution in [2.45, 2.75) is 6.61 Å². The van der Waals surface area contributed by atoms with Gasteiger partial charge >= 0.3 is 5.97 Å². The first kappa shape index (κ1) is 13.3. The fourth-order valence-corrected chi connectivity index (χ4v) is 2.94. The van der Waals surface area contributed by atoms with Crippen LogP contribution in [0.1, 0.15) is 15.9 Å². The third-order valence-corrected chi connectivity index (χ3v) is 4.45. The average Bonchev–Trinajstić information content (AvgIpc) is 2.93. The third kappa shape index (κ3) is 2.73. The molecular weight excluding hydrogens is 338 g/mol. The van der Waals surface area contributed by atoms with Gasteiger partial charge in [-0.25, -0.2) is 9.78 Å². The standard InChI is InChI=1S/C15H10BrNO2S/c16-12-4-2-1-3-11(12)8-19-15(18)10-5-6-13-14(7-10)20-9-17-13/h1-7,9H,8H2. The number of ether oxygens (including phenoxy) is 1. The van der Waals surface area contributed by atoms with Crippen LogP contribution < -0.4 is 0 Å². The molecule has 0 unspecified atom stereocenters. The first-order valence-corrected chi connectivity index (χ1v) is 7.65. The molecule has 1 aromatic heterocycles. The molecule has 0 fully saturated rings. The van der Waals surface area contributed by atoms with Gasteiger partial charge in [0.2, 0.25) is 0 Å². The quantitative estimate of drug-likeness (QED) is 0.658. The maximum atomic E-state index is 12.0. The summed E-state index contributed by atoms with van der Waals surface area (Å²) >= 11 is 4.94. The topological polar surface area (TPSA) is 39.2 Å². The Morgan fingerprint density at radius 2 is 2.10 bits per heavy atom. The first-order valence-electron chi connectivity index (χ1n) is 5.98. The molecule has 0 bridgehead atoms. The maximum Gasteiger partial charge on any atom is 0.338 e. The minimum atomic E-state index is -0.323. The Bertz CT molecular complexity index is 769. The Hall–Kier alpha value is -1.72. The van der Waals surface area contributed by atoms with Crippen LogP contribution in [0.5, 0.6) is 0 Å². The van der Waals surface area contributed by atoms with Gasteiger partial charge in [0.15, 0.2) is 0 Å². The molecule has 0 aliphatic rings. The highest BCUT2D eigenvalue weighted by molar-refractivity contribution is 9.10. The molecule has 0 atom stereocenters. The van der Waals surface area contributed by atoms with Crippen molar-refractivity contribution in [3.63, 3.8) is 0 Å². The maximum absolute atomic E-state index is 12.0. The number of aromatic nitrogens is 1. The third-order valence-electron chi connectivity index (χ3n) is 2.88. The van der Waals surface area contributed by atoms with Gasteiger partial charge in [-0.05, 0) is 24.3 Å². The molecule has 0 saturated heterocycles. The van der Waals surface area contributed by atoms with Gasteiger partial charge < -0.3 is 4.74 Å². The normalized spacial score (nSPS) is 10.7.